The summed E-state index contributed by atoms with van der Waals surface area (Å²) < 4.78 is 12.0. The van der Waals surface area contributed by atoms with E-state index in [0.29, 0.717) is 11.4 Å². The summed E-state index contributed by atoms with van der Waals surface area (Å²) in [5.41, 5.74) is 2.50. The number of H-pyrrole nitrogens is 1. The number of tetrazole rings is 1. The van der Waals surface area contributed by atoms with Gasteiger partial charge in [0.2, 0.25) is 0 Å². The molecular formula is C16H18N5O3P. The highest BCUT2D eigenvalue weighted by molar-refractivity contribution is 7.52. The van der Waals surface area contributed by atoms with E-state index >= 15 is 0 Å². The lowest BCUT2D eigenvalue weighted by Crippen LogP contribution is -2.25. The van der Waals surface area contributed by atoms with Crippen molar-refractivity contribution in [1.82, 2.24) is 25.9 Å². The first-order valence-electron chi connectivity index (χ1n) is 7.65. The summed E-state index contributed by atoms with van der Waals surface area (Å²) in [7, 11) is -4.44. The van der Waals surface area contributed by atoms with Crippen molar-refractivity contribution in [3.63, 3.8) is 0 Å². The summed E-state index contributed by atoms with van der Waals surface area (Å²) in [6, 6.07) is 16.4. The van der Waals surface area contributed by atoms with Crippen molar-refractivity contribution in [3.05, 3.63) is 66.0 Å². The van der Waals surface area contributed by atoms with Gasteiger partial charge in [-0.05, 0) is 23.6 Å². The summed E-state index contributed by atoms with van der Waals surface area (Å²) >= 11 is 0. The lowest BCUT2D eigenvalue weighted by Gasteiger charge is -2.23. The lowest BCUT2D eigenvalue weighted by atomic mass is 10.0. The smallest absolute Gasteiger partial charge is 0.323 e. The molecule has 0 spiro atoms. The zero-order chi connectivity index (χ0) is 17.9. The first kappa shape index (κ1) is 17.4. The second kappa shape index (κ2) is 7.25. The highest BCUT2D eigenvalue weighted by atomic mass is 31.2. The van der Waals surface area contributed by atoms with Crippen molar-refractivity contribution in [2.75, 3.05) is 0 Å². The monoisotopic (exact) mass is 359 g/mol. The minimum absolute atomic E-state index is 0.333. The summed E-state index contributed by atoms with van der Waals surface area (Å²) in [6.07, 6.45) is 0. The highest BCUT2D eigenvalue weighted by Gasteiger charge is 2.32. The molecule has 0 amide bonds. The standard InChI is InChI=1S/C16H18N5O3P/c1-11(15-18-20-21-19-15)17-16(25(22,23)24)14-9-7-13(8-10-14)12-5-3-2-4-6-12/h2-11,16-17H,1H3,(H2,22,23,24)(H,18,19,20,21)/t11?,16-/m0/s1. The molecule has 25 heavy (non-hydrogen) atoms. The molecule has 9 heteroatoms. The summed E-state index contributed by atoms with van der Waals surface area (Å²) in [5, 5.41) is 16.3. The number of nitrogens with zero attached hydrogens (tertiary/aromatic N) is 3. The molecule has 3 rings (SSSR count). The van der Waals surface area contributed by atoms with Gasteiger partial charge in [-0.3, -0.25) is 9.88 Å². The SMILES string of the molecule is CC(N[C@H](c1ccc(-c2ccccc2)cc1)P(=O)(O)O)c1nn[nH]n1. The van der Waals surface area contributed by atoms with Gasteiger partial charge in [0.15, 0.2) is 5.82 Å². The van der Waals surface area contributed by atoms with Gasteiger partial charge in [-0.2, -0.15) is 5.21 Å². The maximum atomic E-state index is 12.0. The molecule has 0 fully saturated rings. The van der Waals surface area contributed by atoms with Gasteiger partial charge < -0.3 is 9.79 Å². The van der Waals surface area contributed by atoms with E-state index in [1.807, 2.05) is 42.5 Å². The number of aromatic nitrogens is 4. The number of hydrogen-bond donors (Lipinski definition) is 4. The van der Waals surface area contributed by atoms with Gasteiger partial charge in [-0.15, -0.1) is 10.2 Å². The Morgan fingerprint density at radius 2 is 1.68 bits per heavy atom. The van der Waals surface area contributed by atoms with Crippen molar-refractivity contribution in [1.29, 1.82) is 0 Å². The van der Waals surface area contributed by atoms with Gasteiger partial charge in [0, 0.05) is 0 Å². The minimum atomic E-state index is -4.44. The van der Waals surface area contributed by atoms with Crippen LogP contribution >= 0.6 is 7.60 Å². The Balaban J connectivity index is 1.85. The van der Waals surface area contributed by atoms with E-state index in [-0.39, 0.29) is 0 Å². The second-order valence-electron chi connectivity index (χ2n) is 5.64. The molecule has 2 atom stereocenters. The molecule has 1 aromatic heterocycles. The minimum Gasteiger partial charge on any atom is -0.323 e. The van der Waals surface area contributed by atoms with Crippen LogP contribution in [0.4, 0.5) is 0 Å². The molecule has 0 radical (unpaired) electrons. The predicted octanol–water partition coefficient (Wildman–Crippen LogP) is 2.39. The zero-order valence-electron chi connectivity index (χ0n) is 13.4. The molecule has 3 aromatic rings. The van der Waals surface area contributed by atoms with Gasteiger partial charge >= 0.3 is 7.60 Å². The van der Waals surface area contributed by atoms with E-state index in [1.54, 1.807) is 19.1 Å². The van der Waals surface area contributed by atoms with E-state index in [1.165, 1.54) is 0 Å². The predicted molar refractivity (Wildman–Crippen MR) is 92.4 cm³/mol. The average Bonchev–Trinajstić information content (AvgIpc) is 3.14. The van der Waals surface area contributed by atoms with Gasteiger partial charge in [-0.1, -0.05) is 59.8 Å². The van der Waals surface area contributed by atoms with Crippen LogP contribution < -0.4 is 5.32 Å². The number of benzene rings is 2. The molecule has 0 saturated heterocycles. The Hall–Kier alpha value is -2.38. The van der Waals surface area contributed by atoms with Crippen molar-refractivity contribution in [2.24, 2.45) is 0 Å². The zero-order valence-corrected chi connectivity index (χ0v) is 14.3. The third-order valence-electron chi connectivity index (χ3n) is 3.83. The average molecular weight is 359 g/mol. The van der Waals surface area contributed by atoms with Crippen LogP contribution in [-0.4, -0.2) is 30.4 Å². The normalized spacial score (nSPS) is 14.2. The van der Waals surface area contributed by atoms with Crippen molar-refractivity contribution >= 4 is 7.60 Å². The fraction of sp³-hybridized carbons (Fsp3) is 0.188. The fourth-order valence-corrected chi connectivity index (χ4v) is 3.52. The Morgan fingerprint density at radius 1 is 1.04 bits per heavy atom. The topological polar surface area (TPSA) is 124 Å². The number of rotatable bonds is 6. The number of hydrogen-bond acceptors (Lipinski definition) is 5. The number of nitrogens with one attached hydrogen (secondary N) is 2. The Morgan fingerprint density at radius 3 is 2.24 bits per heavy atom. The largest absolute Gasteiger partial charge is 0.346 e. The molecule has 1 unspecified atom stereocenters. The Labute approximate surface area is 144 Å². The third kappa shape index (κ3) is 4.18. The van der Waals surface area contributed by atoms with E-state index in [2.05, 4.69) is 25.9 Å². The van der Waals surface area contributed by atoms with E-state index in [4.69, 9.17) is 0 Å². The molecular weight excluding hydrogens is 341 g/mol. The molecule has 2 aromatic carbocycles. The molecule has 0 aliphatic heterocycles. The maximum Gasteiger partial charge on any atom is 0.346 e. The summed E-state index contributed by atoms with van der Waals surface area (Å²) in [4.78, 5) is 19.5. The molecule has 0 bridgehead atoms. The fourth-order valence-electron chi connectivity index (χ4n) is 2.54. The van der Waals surface area contributed by atoms with Crippen molar-refractivity contribution in [2.45, 2.75) is 18.7 Å². The first-order chi connectivity index (χ1) is 11.9. The van der Waals surface area contributed by atoms with Crippen LogP contribution in [0, 0.1) is 0 Å². The van der Waals surface area contributed by atoms with Crippen molar-refractivity contribution < 1.29 is 14.4 Å². The third-order valence-corrected chi connectivity index (χ3v) is 4.95. The van der Waals surface area contributed by atoms with Gasteiger partial charge in [-0.25, -0.2) is 0 Å². The number of aromatic amines is 1. The first-order valence-corrected chi connectivity index (χ1v) is 9.33. The van der Waals surface area contributed by atoms with Crippen LogP contribution in [0.25, 0.3) is 11.1 Å². The van der Waals surface area contributed by atoms with Crippen molar-refractivity contribution in [3.8, 4) is 11.1 Å². The molecule has 1 heterocycles. The van der Waals surface area contributed by atoms with E-state index in [9.17, 15) is 14.4 Å². The molecule has 0 saturated carbocycles. The molecule has 130 valence electrons. The molecule has 0 aliphatic carbocycles. The summed E-state index contributed by atoms with van der Waals surface area (Å²) in [5.74, 6) is -0.829. The Kier molecular flexibility index (Phi) is 5.06. The van der Waals surface area contributed by atoms with Crippen LogP contribution in [0.5, 0.6) is 0 Å². The van der Waals surface area contributed by atoms with Gasteiger partial charge in [0.05, 0.1) is 6.04 Å². The maximum absolute atomic E-state index is 12.0. The summed E-state index contributed by atoms with van der Waals surface area (Å²) in [6.45, 7) is 1.71. The van der Waals surface area contributed by atoms with Crippen LogP contribution in [0.15, 0.2) is 54.6 Å². The molecule has 0 aliphatic rings. The van der Waals surface area contributed by atoms with Crippen LogP contribution in [0.2, 0.25) is 0 Å². The molecule has 8 nitrogen and oxygen atoms in total. The van der Waals surface area contributed by atoms with Crippen LogP contribution in [0.1, 0.15) is 30.1 Å². The van der Waals surface area contributed by atoms with Gasteiger partial charge in [0.1, 0.15) is 5.78 Å². The lowest BCUT2D eigenvalue weighted by molar-refractivity contribution is 0.339. The molecule has 4 N–H and O–H groups in total. The van der Waals surface area contributed by atoms with Crippen LogP contribution in [-0.2, 0) is 4.57 Å². The van der Waals surface area contributed by atoms with E-state index < -0.39 is 19.4 Å². The highest BCUT2D eigenvalue weighted by Crippen LogP contribution is 2.50. The quantitative estimate of drug-likeness (QED) is 0.498. The Bertz CT molecular complexity index is 849. The van der Waals surface area contributed by atoms with Gasteiger partial charge in [0.25, 0.3) is 0 Å². The van der Waals surface area contributed by atoms with Crippen LogP contribution in [0.3, 0.4) is 0 Å². The second-order valence-corrected chi connectivity index (χ2v) is 7.33. The van der Waals surface area contributed by atoms with E-state index in [0.717, 1.165) is 11.1 Å².